The predicted octanol–water partition coefficient (Wildman–Crippen LogP) is 5.05. The second kappa shape index (κ2) is 13.8. The molecule has 0 unspecified atom stereocenters. The van der Waals surface area contributed by atoms with E-state index in [4.69, 9.17) is 0 Å². The first-order chi connectivity index (χ1) is 18.9. The van der Waals surface area contributed by atoms with Gasteiger partial charge in [0.25, 0.3) is 0 Å². The zero-order valence-electron chi connectivity index (χ0n) is 22.5. The van der Waals surface area contributed by atoms with Crippen molar-refractivity contribution in [2.24, 2.45) is 0 Å². The second-order valence-corrected chi connectivity index (χ2v) is 12.4. The van der Waals surface area contributed by atoms with Gasteiger partial charge in [0.1, 0.15) is 12.6 Å². The van der Waals surface area contributed by atoms with Crippen LogP contribution in [0.5, 0.6) is 0 Å². The first kappa shape index (κ1) is 31.2. The smallest absolute Gasteiger partial charge is 0.244 e. The van der Waals surface area contributed by atoms with Gasteiger partial charge in [0.2, 0.25) is 21.8 Å². The molecule has 1 N–H and O–H groups in total. The maximum atomic E-state index is 14.0. The summed E-state index contributed by atoms with van der Waals surface area (Å²) in [6.45, 7) is 3.07. The Morgan fingerprint density at radius 2 is 1.60 bits per heavy atom. The van der Waals surface area contributed by atoms with E-state index in [1.165, 1.54) is 4.90 Å². The molecule has 214 valence electrons. The van der Waals surface area contributed by atoms with E-state index in [1.807, 2.05) is 44.2 Å². The van der Waals surface area contributed by atoms with Crippen LogP contribution in [0.2, 0.25) is 0 Å². The van der Waals surface area contributed by atoms with E-state index in [1.54, 1.807) is 24.3 Å². The summed E-state index contributed by atoms with van der Waals surface area (Å²) >= 11 is 3.39. The number of rotatable bonds is 12. The Morgan fingerprint density at radius 1 is 0.950 bits per heavy atom. The Balaban J connectivity index is 2.06. The standard InChI is InChI=1S/C29H32BrF2N3O4S/c1-4-20(2)33-29(37)27(16-21-8-6-5-7-9-21)34(18-22-10-12-23(30)13-11-22)28(36)19-35(40(3,38)39)24-14-15-25(31)26(32)17-24/h5-15,17,20,27H,4,16,18-19H2,1-3H3,(H,33,37)/t20-,27-/m1/s1. The molecule has 3 rings (SSSR count). The molecule has 40 heavy (non-hydrogen) atoms. The lowest BCUT2D eigenvalue weighted by atomic mass is 10.0. The molecular weight excluding hydrogens is 604 g/mol. The van der Waals surface area contributed by atoms with Crippen LogP contribution in [0.3, 0.4) is 0 Å². The van der Waals surface area contributed by atoms with Crippen LogP contribution in [-0.4, -0.2) is 50.0 Å². The molecular formula is C29H32BrF2N3O4S. The number of hydrogen-bond acceptors (Lipinski definition) is 4. The minimum Gasteiger partial charge on any atom is -0.352 e. The number of anilines is 1. The Kier molecular flexibility index (Phi) is 10.8. The zero-order chi connectivity index (χ0) is 29.4. The summed E-state index contributed by atoms with van der Waals surface area (Å²) in [5, 5.41) is 2.95. The van der Waals surface area contributed by atoms with E-state index < -0.39 is 40.2 Å². The minimum atomic E-state index is -4.09. The van der Waals surface area contributed by atoms with Crippen molar-refractivity contribution >= 4 is 43.5 Å². The third kappa shape index (κ3) is 8.59. The van der Waals surface area contributed by atoms with Crippen LogP contribution in [0, 0.1) is 11.6 Å². The summed E-state index contributed by atoms with van der Waals surface area (Å²) in [7, 11) is -4.09. The molecule has 0 spiro atoms. The van der Waals surface area contributed by atoms with Crippen molar-refractivity contribution in [3.63, 3.8) is 0 Å². The minimum absolute atomic E-state index is 0.00687. The van der Waals surface area contributed by atoms with E-state index in [0.717, 1.165) is 34.5 Å². The van der Waals surface area contributed by atoms with E-state index >= 15 is 0 Å². The Labute approximate surface area is 242 Å². The third-order valence-electron chi connectivity index (χ3n) is 6.41. The lowest BCUT2D eigenvalue weighted by Gasteiger charge is -2.34. The van der Waals surface area contributed by atoms with Crippen LogP contribution >= 0.6 is 15.9 Å². The van der Waals surface area contributed by atoms with Gasteiger partial charge in [-0.1, -0.05) is 65.3 Å². The second-order valence-electron chi connectivity index (χ2n) is 9.54. The van der Waals surface area contributed by atoms with Gasteiger partial charge in [-0.3, -0.25) is 13.9 Å². The maximum absolute atomic E-state index is 14.0. The number of nitrogens with zero attached hydrogens (tertiary/aromatic N) is 2. The van der Waals surface area contributed by atoms with Gasteiger partial charge in [0.05, 0.1) is 11.9 Å². The van der Waals surface area contributed by atoms with Crippen molar-refractivity contribution in [1.82, 2.24) is 10.2 Å². The molecule has 0 aliphatic carbocycles. The molecule has 0 aromatic heterocycles. The summed E-state index contributed by atoms with van der Waals surface area (Å²) in [4.78, 5) is 28.9. The number of benzene rings is 3. The average molecular weight is 637 g/mol. The molecule has 2 amide bonds. The largest absolute Gasteiger partial charge is 0.352 e. The lowest BCUT2D eigenvalue weighted by Crippen LogP contribution is -2.54. The van der Waals surface area contributed by atoms with E-state index in [2.05, 4.69) is 21.2 Å². The topological polar surface area (TPSA) is 86.8 Å². The van der Waals surface area contributed by atoms with Gasteiger partial charge in [0, 0.05) is 29.5 Å². The fourth-order valence-electron chi connectivity index (χ4n) is 4.04. The molecule has 0 aliphatic heterocycles. The molecule has 3 aromatic carbocycles. The average Bonchev–Trinajstić information content (AvgIpc) is 2.91. The van der Waals surface area contributed by atoms with Crippen LogP contribution in [0.1, 0.15) is 31.4 Å². The SMILES string of the molecule is CC[C@@H](C)NC(=O)[C@@H](Cc1ccccc1)N(Cc1ccc(Br)cc1)C(=O)CN(c1ccc(F)c(F)c1)S(C)(=O)=O. The molecule has 0 fully saturated rings. The molecule has 0 heterocycles. The van der Waals surface area contributed by atoms with Crippen LogP contribution in [0.15, 0.2) is 77.3 Å². The van der Waals surface area contributed by atoms with Gasteiger partial charge in [0.15, 0.2) is 11.6 Å². The summed E-state index contributed by atoms with van der Waals surface area (Å²) in [6.07, 6.45) is 1.72. The number of hydrogen-bond donors (Lipinski definition) is 1. The number of amides is 2. The molecule has 0 radical (unpaired) electrons. The Morgan fingerprint density at radius 3 is 2.17 bits per heavy atom. The normalized spacial score (nSPS) is 12.8. The quantitative estimate of drug-likeness (QED) is 0.302. The van der Waals surface area contributed by atoms with Crippen molar-refractivity contribution in [1.29, 1.82) is 0 Å². The van der Waals surface area contributed by atoms with Crippen molar-refractivity contribution in [3.05, 3.63) is 100 Å². The molecule has 0 saturated carbocycles. The van der Waals surface area contributed by atoms with E-state index in [0.29, 0.717) is 16.3 Å². The van der Waals surface area contributed by atoms with Crippen molar-refractivity contribution in [3.8, 4) is 0 Å². The third-order valence-corrected chi connectivity index (χ3v) is 8.08. The molecule has 0 saturated heterocycles. The first-order valence-corrected chi connectivity index (χ1v) is 15.3. The van der Waals surface area contributed by atoms with Crippen LogP contribution < -0.4 is 9.62 Å². The molecule has 7 nitrogen and oxygen atoms in total. The van der Waals surface area contributed by atoms with Gasteiger partial charge in [-0.15, -0.1) is 0 Å². The number of carbonyl (C=O) groups is 2. The van der Waals surface area contributed by atoms with Gasteiger partial charge >= 0.3 is 0 Å². The summed E-state index contributed by atoms with van der Waals surface area (Å²) in [6, 6.07) is 17.8. The summed E-state index contributed by atoms with van der Waals surface area (Å²) in [5.41, 5.74) is 1.31. The van der Waals surface area contributed by atoms with Crippen LogP contribution in [-0.2, 0) is 32.6 Å². The van der Waals surface area contributed by atoms with E-state index in [9.17, 15) is 26.8 Å². The molecule has 11 heteroatoms. The van der Waals surface area contributed by atoms with Crippen LogP contribution in [0.4, 0.5) is 14.5 Å². The number of sulfonamides is 1. The van der Waals surface area contributed by atoms with Gasteiger partial charge in [-0.05, 0) is 48.7 Å². The number of carbonyl (C=O) groups excluding carboxylic acids is 2. The Bertz CT molecular complexity index is 1420. The molecule has 3 aromatic rings. The van der Waals surface area contributed by atoms with Crippen molar-refractivity contribution in [2.45, 2.75) is 45.3 Å². The van der Waals surface area contributed by atoms with E-state index in [-0.39, 0.29) is 30.6 Å². The van der Waals surface area contributed by atoms with Gasteiger partial charge < -0.3 is 10.2 Å². The van der Waals surface area contributed by atoms with Crippen molar-refractivity contribution in [2.75, 3.05) is 17.1 Å². The summed E-state index contributed by atoms with van der Waals surface area (Å²) < 4.78 is 54.6. The Hall–Kier alpha value is -3.31. The fraction of sp³-hybridized carbons (Fsp3) is 0.310. The summed E-state index contributed by atoms with van der Waals surface area (Å²) in [5.74, 6) is -3.47. The highest BCUT2D eigenvalue weighted by Crippen LogP contribution is 2.23. The number of nitrogens with one attached hydrogen (secondary N) is 1. The lowest BCUT2D eigenvalue weighted by molar-refractivity contribution is -0.140. The highest BCUT2D eigenvalue weighted by Gasteiger charge is 2.33. The highest BCUT2D eigenvalue weighted by atomic mass is 79.9. The van der Waals surface area contributed by atoms with Crippen molar-refractivity contribution < 1.29 is 26.8 Å². The predicted molar refractivity (Wildman–Crippen MR) is 155 cm³/mol. The maximum Gasteiger partial charge on any atom is 0.244 e. The number of halogens is 3. The van der Waals surface area contributed by atoms with Gasteiger partial charge in [-0.25, -0.2) is 17.2 Å². The highest BCUT2D eigenvalue weighted by molar-refractivity contribution is 9.10. The molecule has 2 atom stereocenters. The zero-order valence-corrected chi connectivity index (χ0v) is 24.9. The monoisotopic (exact) mass is 635 g/mol. The van der Waals surface area contributed by atoms with Gasteiger partial charge in [-0.2, -0.15) is 0 Å². The molecule has 0 aliphatic rings. The van der Waals surface area contributed by atoms with Crippen LogP contribution in [0.25, 0.3) is 0 Å². The molecule has 0 bridgehead atoms. The first-order valence-electron chi connectivity index (χ1n) is 12.7. The fourth-order valence-corrected chi connectivity index (χ4v) is 5.14.